The monoisotopic (exact) mass is 631 g/mol. The van der Waals surface area contributed by atoms with E-state index >= 15 is 0 Å². The zero-order valence-electron chi connectivity index (χ0n) is 25.8. The molecule has 0 fully saturated rings. The van der Waals surface area contributed by atoms with Gasteiger partial charge in [0.25, 0.3) is 0 Å². The first-order chi connectivity index (χ1) is 22.8. The molecule has 3 N–H and O–H groups in total. The van der Waals surface area contributed by atoms with Crippen molar-refractivity contribution in [3.63, 3.8) is 0 Å². The summed E-state index contributed by atoms with van der Waals surface area (Å²) in [5, 5.41) is 24.8. The summed E-state index contributed by atoms with van der Waals surface area (Å²) in [4.78, 5) is 0. The molecule has 0 aliphatic carbocycles. The second-order valence-corrected chi connectivity index (χ2v) is 11.0. The van der Waals surface area contributed by atoms with Crippen LogP contribution in [0.4, 0.5) is 53.0 Å². The summed E-state index contributed by atoms with van der Waals surface area (Å²) in [6.07, 6.45) is -3.36. The lowest BCUT2D eigenvalue weighted by atomic mass is 10.1. The Bertz CT molecular complexity index is 2050. The molecule has 0 bridgehead atoms. The van der Waals surface area contributed by atoms with Gasteiger partial charge < -0.3 is 16.2 Å². The smallest absolute Gasteiger partial charge is 0.382 e. The molecule has 47 heavy (non-hydrogen) atoms. The minimum Gasteiger partial charge on any atom is -0.382 e. The Labute approximate surface area is 270 Å². The SMILES string of the molecule is CCC(C)Nc1ccc(NNc2ccc(N=Nc3ccc(N=Nc4ccc(C(F)(F)F)cc4)cc3)c3ccccc23)c2ccccc12. The van der Waals surface area contributed by atoms with Crippen molar-refractivity contribution in [1.29, 1.82) is 0 Å². The fourth-order valence-corrected chi connectivity index (χ4v) is 5.05. The van der Waals surface area contributed by atoms with Crippen LogP contribution >= 0.6 is 0 Å². The van der Waals surface area contributed by atoms with E-state index in [1.807, 2.05) is 42.5 Å². The molecule has 6 aromatic rings. The van der Waals surface area contributed by atoms with Crippen molar-refractivity contribution in [2.45, 2.75) is 32.5 Å². The lowest BCUT2D eigenvalue weighted by molar-refractivity contribution is -0.137. The third-order valence-corrected chi connectivity index (χ3v) is 7.77. The molecule has 7 nitrogen and oxygen atoms in total. The maximum absolute atomic E-state index is 12.8. The summed E-state index contributed by atoms with van der Waals surface area (Å²) in [5.74, 6) is 0. The Hall–Kier alpha value is -5.77. The Morgan fingerprint density at radius 3 is 1.49 bits per heavy atom. The van der Waals surface area contributed by atoms with Crippen LogP contribution in [-0.2, 0) is 6.18 Å². The van der Waals surface area contributed by atoms with Gasteiger partial charge in [0.1, 0.15) is 0 Å². The Kier molecular flexibility index (Phi) is 9.10. The molecule has 0 aromatic heterocycles. The number of hydrogen-bond donors (Lipinski definition) is 3. The second-order valence-electron chi connectivity index (χ2n) is 11.0. The van der Waals surface area contributed by atoms with Gasteiger partial charge in [-0.1, -0.05) is 55.5 Å². The van der Waals surface area contributed by atoms with Gasteiger partial charge in [-0.3, -0.25) is 0 Å². The van der Waals surface area contributed by atoms with Crippen molar-refractivity contribution >= 4 is 61.4 Å². The van der Waals surface area contributed by atoms with E-state index in [2.05, 4.69) is 80.8 Å². The topological polar surface area (TPSA) is 85.5 Å². The first kappa shape index (κ1) is 31.2. The Morgan fingerprint density at radius 1 is 0.532 bits per heavy atom. The minimum absolute atomic E-state index is 0.322. The third-order valence-electron chi connectivity index (χ3n) is 7.77. The first-order valence-electron chi connectivity index (χ1n) is 15.2. The molecule has 6 rings (SSSR count). The number of nitrogens with zero attached hydrogens (tertiary/aromatic N) is 4. The van der Waals surface area contributed by atoms with E-state index in [4.69, 9.17) is 0 Å². The van der Waals surface area contributed by atoms with Crippen LogP contribution in [0.5, 0.6) is 0 Å². The van der Waals surface area contributed by atoms with Crippen molar-refractivity contribution in [1.82, 2.24) is 0 Å². The van der Waals surface area contributed by atoms with Crippen LogP contribution in [0, 0.1) is 0 Å². The Morgan fingerprint density at radius 2 is 0.957 bits per heavy atom. The normalized spacial score (nSPS) is 12.6. The summed E-state index contributed by atoms with van der Waals surface area (Å²) >= 11 is 0. The summed E-state index contributed by atoms with van der Waals surface area (Å²) < 4.78 is 38.3. The van der Waals surface area contributed by atoms with Gasteiger partial charge in [-0.25, -0.2) is 0 Å². The average molecular weight is 632 g/mol. The van der Waals surface area contributed by atoms with Gasteiger partial charge in [0, 0.05) is 33.3 Å². The van der Waals surface area contributed by atoms with E-state index in [0.717, 1.165) is 57.2 Å². The van der Waals surface area contributed by atoms with Crippen LogP contribution < -0.4 is 16.2 Å². The van der Waals surface area contributed by atoms with E-state index in [0.29, 0.717) is 28.8 Å². The highest BCUT2D eigenvalue weighted by Crippen LogP contribution is 2.35. The number of nitrogens with one attached hydrogen (secondary N) is 3. The molecule has 0 radical (unpaired) electrons. The molecule has 10 heteroatoms. The van der Waals surface area contributed by atoms with Gasteiger partial charge in [0.15, 0.2) is 0 Å². The van der Waals surface area contributed by atoms with Crippen LogP contribution in [0.2, 0.25) is 0 Å². The van der Waals surface area contributed by atoms with E-state index in [-0.39, 0.29) is 0 Å². The second kappa shape index (κ2) is 13.7. The van der Waals surface area contributed by atoms with Crippen molar-refractivity contribution in [2.75, 3.05) is 16.2 Å². The molecule has 6 aromatic carbocycles. The molecule has 236 valence electrons. The number of alkyl halides is 3. The van der Waals surface area contributed by atoms with Gasteiger partial charge in [0.2, 0.25) is 0 Å². The standard InChI is InChI=1S/C37H32F3N7/c1-3-24(2)41-33-20-21-35(30-9-5-4-8-29(30)33)46-47-36-23-22-34(31-10-6-7-11-32(31)36)45-44-28-18-16-27(17-19-28)43-42-26-14-12-25(13-15-26)37(38,39)40/h4-24,41,46-47H,3H2,1-2H3. The molecule has 0 saturated carbocycles. The van der Waals surface area contributed by atoms with Crippen molar-refractivity contribution in [3.05, 3.63) is 127 Å². The molecule has 0 amide bonds. The minimum atomic E-state index is -4.39. The predicted molar refractivity (Wildman–Crippen MR) is 185 cm³/mol. The van der Waals surface area contributed by atoms with Crippen LogP contribution in [-0.4, -0.2) is 6.04 Å². The van der Waals surface area contributed by atoms with Crippen LogP contribution in [0.15, 0.2) is 142 Å². The number of anilines is 3. The molecular formula is C37H32F3N7. The average Bonchev–Trinajstić information content (AvgIpc) is 3.10. The maximum Gasteiger partial charge on any atom is 0.416 e. The van der Waals surface area contributed by atoms with Gasteiger partial charge >= 0.3 is 6.18 Å². The van der Waals surface area contributed by atoms with Crippen LogP contribution in [0.3, 0.4) is 0 Å². The molecule has 1 atom stereocenters. The number of azo groups is 2. The maximum atomic E-state index is 12.8. The summed E-state index contributed by atoms with van der Waals surface area (Å²) in [7, 11) is 0. The van der Waals surface area contributed by atoms with Crippen LogP contribution in [0.25, 0.3) is 21.5 Å². The van der Waals surface area contributed by atoms with Crippen LogP contribution in [0.1, 0.15) is 25.8 Å². The van der Waals surface area contributed by atoms with E-state index < -0.39 is 11.7 Å². The molecule has 0 aliphatic heterocycles. The summed E-state index contributed by atoms with van der Waals surface area (Å²) in [5.41, 5.74) is 11.2. The Balaban J connectivity index is 1.16. The molecular weight excluding hydrogens is 599 g/mol. The number of benzene rings is 6. The molecule has 1 unspecified atom stereocenters. The summed E-state index contributed by atoms with van der Waals surface area (Å²) in [6, 6.07) is 36.2. The lowest BCUT2D eigenvalue weighted by Gasteiger charge is -2.19. The number of hydrazine groups is 1. The number of fused-ring (bicyclic) bond motifs is 2. The highest BCUT2D eigenvalue weighted by atomic mass is 19.4. The van der Waals surface area contributed by atoms with Gasteiger partial charge in [-0.15, -0.1) is 5.11 Å². The third kappa shape index (κ3) is 7.38. The highest BCUT2D eigenvalue weighted by molar-refractivity contribution is 6.04. The van der Waals surface area contributed by atoms with E-state index in [1.165, 1.54) is 12.1 Å². The largest absolute Gasteiger partial charge is 0.416 e. The lowest BCUT2D eigenvalue weighted by Crippen LogP contribution is -2.14. The molecule has 0 aliphatic rings. The fraction of sp³-hybridized carbons (Fsp3) is 0.135. The zero-order valence-corrected chi connectivity index (χ0v) is 25.8. The van der Waals surface area contributed by atoms with E-state index in [9.17, 15) is 13.2 Å². The number of rotatable bonds is 10. The summed E-state index contributed by atoms with van der Waals surface area (Å²) in [6.45, 7) is 4.35. The first-order valence-corrected chi connectivity index (χ1v) is 15.2. The van der Waals surface area contributed by atoms with Crippen molar-refractivity contribution < 1.29 is 13.2 Å². The van der Waals surface area contributed by atoms with Gasteiger partial charge in [-0.05, 0) is 86.1 Å². The number of halogens is 3. The zero-order chi connectivity index (χ0) is 32.8. The highest BCUT2D eigenvalue weighted by Gasteiger charge is 2.29. The van der Waals surface area contributed by atoms with E-state index in [1.54, 1.807) is 24.3 Å². The van der Waals surface area contributed by atoms with Crippen molar-refractivity contribution in [2.24, 2.45) is 20.5 Å². The number of hydrogen-bond acceptors (Lipinski definition) is 7. The molecule has 0 saturated heterocycles. The molecule has 0 spiro atoms. The van der Waals surface area contributed by atoms with Crippen molar-refractivity contribution in [3.8, 4) is 0 Å². The van der Waals surface area contributed by atoms with Gasteiger partial charge in [-0.2, -0.15) is 28.5 Å². The van der Waals surface area contributed by atoms with Gasteiger partial charge in [0.05, 0.1) is 39.7 Å². The fourth-order valence-electron chi connectivity index (χ4n) is 5.05. The molecule has 0 heterocycles. The predicted octanol–water partition coefficient (Wildman–Crippen LogP) is 12.5. The quantitative estimate of drug-likeness (QED) is 0.104.